The third-order valence-electron chi connectivity index (χ3n) is 12.2. The zero-order valence-corrected chi connectivity index (χ0v) is 38.3. The minimum Gasteiger partial charge on any atom is -0.476 e. The lowest BCUT2D eigenvalue weighted by molar-refractivity contribution is -0.138. The molecule has 3 aromatic heterocycles. The fourth-order valence-corrected chi connectivity index (χ4v) is 8.55. The molecule has 2 saturated heterocycles. The van der Waals surface area contributed by atoms with E-state index in [0.717, 1.165) is 72.5 Å². The van der Waals surface area contributed by atoms with Gasteiger partial charge in [-0.25, -0.2) is 4.98 Å². The van der Waals surface area contributed by atoms with Crippen LogP contribution in [0.2, 0.25) is 0 Å². The minimum absolute atomic E-state index is 0.00935. The number of piperidine rings is 1. The van der Waals surface area contributed by atoms with Gasteiger partial charge in [-0.15, -0.1) is 5.10 Å². The summed E-state index contributed by atoms with van der Waals surface area (Å²) in [4.78, 5) is 88.5. The van der Waals surface area contributed by atoms with Gasteiger partial charge < -0.3 is 25.0 Å². The molecule has 2 aromatic carbocycles. The maximum atomic E-state index is 13.3. The van der Waals surface area contributed by atoms with Gasteiger partial charge in [0, 0.05) is 67.3 Å². The van der Waals surface area contributed by atoms with E-state index in [4.69, 9.17) is 14.5 Å². The predicted molar refractivity (Wildman–Crippen MR) is 248 cm³/mol. The molecule has 5 aromatic rings. The van der Waals surface area contributed by atoms with E-state index in [0.29, 0.717) is 68.7 Å². The van der Waals surface area contributed by atoms with Gasteiger partial charge in [-0.05, 0) is 94.3 Å². The number of aromatic nitrogens is 5. The molecule has 70 heavy (non-hydrogen) atoms. The number of nitrogens with one attached hydrogen (secondary N) is 3. The Morgan fingerprint density at radius 1 is 0.886 bits per heavy atom. The molecule has 0 aliphatic carbocycles. The van der Waals surface area contributed by atoms with Gasteiger partial charge in [0.25, 0.3) is 17.7 Å². The Kier molecular flexibility index (Phi) is 15.2. The van der Waals surface area contributed by atoms with Crippen molar-refractivity contribution in [3.63, 3.8) is 0 Å². The highest BCUT2D eigenvalue weighted by Crippen LogP contribution is 2.36. The summed E-state index contributed by atoms with van der Waals surface area (Å²) in [5, 5.41) is 16.2. The van der Waals surface area contributed by atoms with Gasteiger partial charge in [0.2, 0.25) is 23.6 Å². The van der Waals surface area contributed by atoms with E-state index < -0.39 is 47.3 Å². The summed E-state index contributed by atoms with van der Waals surface area (Å²) in [6.07, 6.45) is 6.04. The molecule has 0 spiro atoms. The van der Waals surface area contributed by atoms with E-state index in [1.54, 1.807) is 29.1 Å². The zero-order chi connectivity index (χ0) is 49.4. The Balaban J connectivity index is 0.764. The summed E-state index contributed by atoms with van der Waals surface area (Å²) in [5.41, 5.74) is 3.32. The van der Waals surface area contributed by atoms with Gasteiger partial charge in [0.15, 0.2) is 0 Å². The molecule has 366 valence electrons. The lowest BCUT2D eigenvalue weighted by Crippen LogP contribution is -2.54. The standard InChI is InChI=1S/C49H51F3N10O8/c1-30-37(26-35(28-53-30)55-44(65)31-10-8-11-33(24-31)49(50,51)52)32-25-40(60-19-22-69-23-20-60)46(54-27-32)70-21-7-3-4-12-34-29-61(59-58-34)18-6-2-5-15-41(63)56-38-14-9-13-36-43(38)48(68)62(47(36)67)39-16-17-42(64)57-45(39)66/h8-11,13-14,24-29,39H,2-7,12,15-23H2,1H3,(H,55,65)(H,56,63)(H,57,64,66). The van der Waals surface area contributed by atoms with Crippen LogP contribution in [-0.2, 0) is 38.3 Å². The maximum Gasteiger partial charge on any atom is 0.416 e. The van der Waals surface area contributed by atoms with Crippen LogP contribution >= 0.6 is 0 Å². The summed E-state index contributed by atoms with van der Waals surface area (Å²) in [6, 6.07) is 11.4. The first-order valence-electron chi connectivity index (χ1n) is 23.2. The number of morpholine rings is 1. The molecule has 1 atom stereocenters. The Bertz CT molecular complexity index is 2790. The Hall–Kier alpha value is -7.55. The number of imide groups is 2. The fraction of sp³-hybridized carbons (Fsp3) is 0.388. The molecule has 3 aliphatic heterocycles. The van der Waals surface area contributed by atoms with Gasteiger partial charge in [-0.3, -0.25) is 48.6 Å². The van der Waals surface area contributed by atoms with Crippen LogP contribution in [0, 0.1) is 6.92 Å². The maximum absolute atomic E-state index is 13.3. The summed E-state index contributed by atoms with van der Waals surface area (Å²) in [7, 11) is 0. The van der Waals surface area contributed by atoms with E-state index in [2.05, 4.69) is 36.1 Å². The van der Waals surface area contributed by atoms with Gasteiger partial charge in [-0.1, -0.05) is 23.8 Å². The highest BCUT2D eigenvalue weighted by molar-refractivity contribution is 6.26. The SMILES string of the molecule is Cc1ncc(NC(=O)c2cccc(C(F)(F)F)c2)cc1-c1cnc(OCCCCCc2cn(CCCCCC(=O)Nc3cccc4c3C(=O)N(C3CCC(=O)NC3=O)C4=O)nn2)c(N2CCOCC2)c1. The van der Waals surface area contributed by atoms with Crippen LogP contribution in [0.3, 0.4) is 0 Å². The molecule has 0 saturated carbocycles. The molecule has 6 amide bonds. The van der Waals surface area contributed by atoms with Gasteiger partial charge >= 0.3 is 6.18 Å². The van der Waals surface area contributed by atoms with Gasteiger partial charge in [-0.2, -0.15) is 13.2 Å². The number of nitrogens with zero attached hydrogens (tertiary/aromatic N) is 7. The van der Waals surface area contributed by atoms with Crippen LogP contribution in [0.25, 0.3) is 11.1 Å². The summed E-state index contributed by atoms with van der Waals surface area (Å²) in [5.74, 6) is -3.03. The summed E-state index contributed by atoms with van der Waals surface area (Å²) >= 11 is 0. The number of pyridine rings is 2. The average molecular weight is 965 g/mol. The number of alkyl halides is 3. The Morgan fingerprint density at radius 2 is 1.69 bits per heavy atom. The largest absolute Gasteiger partial charge is 0.476 e. The molecule has 3 aliphatic rings. The Morgan fingerprint density at radius 3 is 2.49 bits per heavy atom. The van der Waals surface area contributed by atoms with Crippen LogP contribution in [0.15, 0.2) is 73.2 Å². The molecule has 8 rings (SSSR count). The molecule has 18 nitrogen and oxygen atoms in total. The van der Waals surface area contributed by atoms with Gasteiger partial charge in [0.05, 0.1) is 59.8 Å². The molecule has 0 bridgehead atoms. The predicted octanol–water partition coefficient (Wildman–Crippen LogP) is 6.54. The van der Waals surface area contributed by atoms with E-state index in [1.807, 2.05) is 19.2 Å². The number of halogens is 3. The van der Waals surface area contributed by atoms with E-state index in [9.17, 15) is 41.9 Å². The van der Waals surface area contributed by atoms with Crippen molar-refractivity contribution in [1.82, 2.24) is 35.2 Å². The number of aryl methyl sites for hydroxylation is 3. The normalized spacial score (nSPS) is 16.0. The number of benzene rings is 2. The van der Waals surface area contributed by atoms with Crippen molar-refractivity contribution >= 4 is 52.5 Å². The topological polar surface area (TPSA) is 220 Å². The first-order valence-corrected chi connectivity index (χ1v) is 23.2. The highest BCUT2D eigenvalue weighted by Gasteiger charge is 2.45. The van der Waals surface area contributed by atoms with Crippen molar-refractivity contribution in [2.75, 3.05) is 48.4 Å². The minimum atomic E-state index is -4.58. The lowest BCUT2D eigenvalue weighted by Gasteiger charge is -2.30. The second-order valence-electron chi connectivity index (χ2n) is 17.2. The number of carbonyl (C=O) groups is 6. The van der Waals surface area contributed by atoms with Crippen LogP contribution in [-0.4, -0.2) is 104 Å². The van der Waals surface area contributed by atoms with E-state index in [-0.39, 0.29) is 47.5 Å². The smallest absolute Gasteiger partial charge is 0.416 e. The van der Waals surface area contributed by atoms with Crippen molar-refractivity contribution < 1.29 is 51.4 Å². The molecular formula is C49H51F3N10O8. The molecule has 3 N–H and O–H groups in total. The van der Waals surface area contributed by atoms with Crippen molar-refractivity contribution in [2.24, 2.45) is 0 Å². The number of unbranched alkanes of at least 4 members (excludes halogenated alkanes) is 4. The van der Waals surface area contributed by atoms with Crippen LogP contribution in [0.4, 0.5) is 30.2 Å². The highest BCUT2D eigenvalue weighted by atomic mass is 19.4. The third kappa shape index (κ3) is 11.6. The van der Waals surface area contributed by atoms with Crippen molar-refractivity contribution in [3.05, 3.63) is 107 Å². The van der Waals surface area contributed by atoms with E-state index >= 15 is 0 Å². The van der Waals surface area contributed by atoms with Crippen molar-refractivity contribution in [2.45, 2.75) is 89.9 Å². The number of amides is 6. The van der Waals surface area contributed by atoms with Gasteiger partial charge in [0.1, 0.15) is 11.7 Å². The fourth-order valence-electron chi connectivity index (χ4n) is 8.55. The third-order valence-corrected chi connectivity index (χ3v) is 12.2. The number of anilines is 3. The second-order valence-corrected chi connectivity index (χ2v) is 17.2. The number of fused-ring (bicyclic) bond motifs is 1. The van der Waals surface area contributed by atoms with Crippen LogP contribution < -0.4 is 25.6 Å². The number of carbonyl (C=O) groups excluding carboxylic acids is 6. The average Bonchev–Trinajstić information content (AvgIpc) is 3.91. The van der Waals surface area contributed by atoms with Crippen LogP contribution in [0.1, 0.15) is 106 Å². The number of ether oxygens (including phenoxy) is 2. The molecule has 6 heterocycles. The molecule has 2 fully saturated rings. The number of hydrogen-bond acceptors (Lipinski definition) is 13. The molecule has 0 radical (unpaired) electrons. The quantitative estimate of drug-likeness (QED) is 0.0592. The van der Waals surface area contributed by atoms with Crippen molar-refractivity contribution in [1.29, 1.82) is 0 Å². The first-order chi connectivity index (χ1) is 33.7. The summed E-state index contributed by atoms with van der Waals surface area (Å²) < 4.78 is 53.5. The molecule has 1 unspecified atom stereocenters. The second kappa shape index (κ2) is 21.8. The monoisotopic (exact) mass is 964 g/mol. The summed E-state index contributed by atoms with van der Waals surface area (Å²) in [6.45, 7) is 5.21. The molecular weight excluding hydrogens is 914 g/mol. The van der Waals surface area contributed by atoms with Crippen LogP contribution in [0.5, 0.6) is 5.88 Å². The number of rotatable bonds is 19. The van der Waals surface area contributed by atoms with Crippen molar-refractivity contribution in [3.8, 4) is 17.0 Å². The zero-order valence-electron chi connectivity index (χ0n) is 38.3. The van der Waals surface area contributed by atoms with E-state index in [1.165, 1.54) is 24.4 Å². The Labute approximate surface area is 400 Å². The number of hydrogen-bond donors (Lipinski definition) is 3. The molecule has 21 heteroatoms. The lowest BCUT2D eigenvalue weighted by atomic mass is 10.0. The first kappa shape index (κ1) is 48.9.